The molecule has 3 rings (SSSR count). The molecule has 4 nitrogen and oxygen atoms in total. The number of carbonyl (C=O) groups is 1. The van der Waals surface area contributed by atoms with Crippen LogP contribution in [0.3, 0.4) is 0 Å². The molecule has 20 heavy (non-hydrogen) atoms. The number of piperazine rings is 1. The van der Waals surface area contributed by atoms with Crippen LogP contribution in [-0.2, 0) is 0 Å². The molecule has 1 atom stereocenters. The number of piperidine rings is 1. The van der Waals surface area contributed by atoms with Gasteiger partial charge in [-0.1, -0.05) is 12.5 Å². The topological polar surface area (TPSA) is 49.6 Å². The summed E-state index contributed by atoms with van der Waals surface area (Å²) in [4.78, 5) is 17.2. The van der Waals surface area contributed by atoms with Crippen LogP contribution in [0.1, 0.15) is 35.2 Å². The molecule has 2 heterocycles. The maximum Gasteiger partial charge on any atom is 0.254 e. The maximum atomic E-state index is 12.7. The molecule has 0 radical (unpaired) electrons. The third kappa shape index (κ3) is 2.52. The van der Waals surface area contributed by atoms with Crippen molar-refractivity contribution in [3.63, 3.8) is 0 Å². The Bertz CT molecular complexity index is 514. The number of nitrogen functional groups attached to an aromatic ring is 1. The Kier molecular flexibility index (Phi) is 3.66. The zero-order chi connectivity index (χ0) is 14.1. The van der Waals surface area contributed by atoms with Crippen LogP contribution >= 0.6 is 0 Å². The number of nitrogens with two attached hydrogens (primary N) is 1. The highest BCUT2D eigenvalue weighted by atomic mass is 16.2. The van der Waals surface area contributed by atoms with Crippen molar-refractivity contribution in [2.24, 2.45) is 0 Å². The van der Waals surface area contributed by atoms with Crippen molar-refractivity contribution in [1.29, 1.82) is 0 Å². The molecule has 108 valence electrons. The Morgan fingerprint density at radius 3 is 2.95 bits per heavy atom. The number of aryl methyl sites for hydroxylation is 1. The van der Waals surface area contributed by atoms with Gasteiger partial charge in [-0.15, -0.1) is 0 Å². The lowest BCUT2D eigenvalue weighted by Crippen LogP contribution is -2.56. The number of fused-ring (bicyclic) bond motifs is 1. The Labute approximate surface area is 120 Å². The van der Waals surface area contributed by atoms with Crippen LogP contribution in [0.15, 0.2) is 18.2 Å². The summed E-state index contributed by atoms with van der Waals surface area (Å²) < 4.78 is 0. The van der Waals surface area contributed by atoms with Crippen molar-refractivity contribution in [2.45, 2.75) is 32.2 Å². The zero-order valence-corrected chi connectivity index (χ0v) is 12.1. The molecule has 2 fully saturated rings. The molecule has 4 heteroatoms. The van der Waals surface area contributed by atoms with Gasteiger partial charge >= 0.3 is 0 Å². The second kappa shape index (κ2) is 5.44. The monoisotopic (exact) mass is 273 g/mol. The lowest BCUT2D eigenvalue weighted by atomic mass is 9.98. The van der Waals surface area contributed by atoms with Gasteiger partial charge in [0.05, 0.1) is 0 Å². The summed E-state index contributed by atoms with van der Waals surface area (Å²) in [7, 11) is 0. The smallest absolute Gasteiger partial charge is 0.254 e. The fraction of sp³-hybridized carbons (Fsp3) is 0.562. The van der Waals surface area contributed by atoms with Gasteiger partial charge in [0.25, 0.3) is 5.91 Å². The fourth-order valence-corrected chi connectivity index (χ4v) is 3.38. The average molecular weight is 273 g/mol. The summed E-state index contributed by atoms with van der Waals surface area (Å²) in [5.74, 6) is 0.139. The first kappa shape index (κ1) is 13.4. The van der Waals surface area contributed by atoms with Crippen molar-refractivity contribution in [1.82, 2.24) is 9.80 Å². The van der Waals surface area contributed by atoms with Crippen LogP contribution in [0.2, 0.25) is 0 Å². The normalized spacial score (nSPS) is 23.4. The lowest BCUT2D eigenvalue weighted by Gasteiger charge is -2.44. The van der Waals surface area contributed by atoms with Crippen LogP contribution in [0.25, 0.3) is 0 Å². The Hall–Kier alpha value is -1.55. The number of hydrogen-bond donors (Lipinski definition) is 1. The molecule has 1 aromatic carbocycles. The number of anilines is 1. The standard InChI is InChI=1S/C16H23N3O/c1-12-5-6-13(17)10-15(12)16(20)19-9-8-18-7-3-2-4-14(18)11-19/h5-6,10,14H,2-4,7-9,11,17H2,1H3. The summed E-state index contributed by atoms with van der Waals surface area (Å²) >= 11 is 0. The highest BCUT2D eigenvalue weighted by Crippen LogP contribution is 2.23. The molecule has 0 bridgehead atoms. The van der Waals surface area contributed by atoms with E-state index in [1.807, 2.05) is 30.0 Å². The molecule has 0 aromatic heterocycles. The van der Waals surface area contributed by atoms with Crippen LogP contribution in [0.5, 0.6) is 0 Å². The van der Waals surface area contributed by atoms with Gasteiger partial charge in [0.15, 0.2) is 0 Å². The summed E-state index contributed by atoms with van der Waals surface area (Å²) in [6.45, 7) is 5.89. The molecule has 2 saturated heterocycles. The third-order valence-corrected chi connectivity index (χ3v) is 4.62. The van der Waals surface area contributed by atoms with Crippen molar-refractivity contribution in [2.75, 3.05) is 31.9 Å². The Morgan fingerprint density at radius 2 is 2.10 bits per heavy atom. The molecule has 0 spiro atoms. The van der Waals surface area contributed by atoms with E-state index in [2.05, 4.69) is 4.90 Å². The van der Waals surface area contributed by atoms with Gasteiger partial charge in [-0.05, 0) is 44.0 Å². The first-order chi connectivity index (χ1) is 9.65. The Balaban J connectivity index is 1.76. The van der Waals surface area contributed by atoms with Crippen LogP contribution in [-0.4, -0.2) is 47.9 Å². The van der Waals surface area contributed by atoms with E-state index in [1.165, 1.54) is 25.8 Å². The average Bonchev–Trinajstić information content (AvgIpc) is 2.48. The highest BCUT2D eigenvalue weighted by molar-refractivity contribution is 5.96. The quantitative estimate of drug-likeness (QED) is 0.795. The van der Waals surface area contributed by atoms with E-state index in [-0.39, 0.29) is 5.91 Å². The first-order valence-electron chi connectivity index (χ1n) is 7.54. The SMILES string of the molecule is Cc1ccc(N)cc1C(=O)N1CCN2CCCCC2C1. The second-order valence-corrected chi connectivity index (χ2v) is 6.01. The molecular formula is C16H23N3O. The van der Waals surface area contributed by atoms with Gasteiger partial charge in [0, 0.05) is 36.9 Å². The number of rotatable bonds is 1. The van der Waals surface area contributed by atoms with E-state index in [9.17, 15) is 4.79 Å². The van der Waals surface area contributed by atoms with Gasteiger partial charge in [-0.3, -0.25) is 9.69 Å². The summed E-state index contributed by atoms with van der Waals surface area (Å²) in [6.07, 6.45) is 3.82. The minimum Gasteiger partial charge on any atom is -0.399 e. The van der Waals surface area contributed by atoms with Crippen LogP contribution in [0.4, 0.5) is 5.69 Å². The zero-order valence-electron chi connectivity index (χ0n) is 12.1. The number of carbonyl (C=O) groups excluding carboxylic acids is 1. The van der Waals surface area contributed by atoms with E-state index >= 15 is 0 Å². The van der Waals surface area contributed by atoms with Crippen molar-refractivity contribution >= 4 is 11.6 Å². The summed E-state index contributed by atoms with van der Waals surface area (Å²) in [5.41, 5.74) is 8.25. The van der Waals surface area contributed by atoms with Crippen LogP contribution < -0.4 is 5.73 Å². The van der Waals surface area contributed by atoms with E-state index in [4.69, 9.17) is 5.73 Å². The Morgan fingerprint density at radius 1 is 1.25 bits per heavy atom. The molecule has 2 N–H and O–H groups in total. The summed E-state index contributed by atoms with van der Waals surface area (Å²) in [6, 6.07) is 6.15. The minimum absolute atomic E-state index is 0.139. The maximum absolute atomic E-state index is 12.7. The van der Waals surface area contributed by atoms with Gasteiger partial charge in [0.1, 0.15) is 0 Å². The molecule has 2 aliphatic heterocycles. The molecule has 0 aliphatic carbocycles. The number of amides is 1. The number of nitrogens with zero attached hydrogens (tertiary/aromatic N) is 2. The van der Waals surface area contributed by atoms with E-state index in [0.29, 0.717) is 11.7 Å². The van der Waals surface area contributed by atoms with Gasteiger partial charge in [-0.25, -0.2) is 0 Å². The molecule has 2 aliphatic rings. The molecule has 1 aromatic rings. The highest BCUT2D eigenvalue weighted by Gasteiger charge is 2.31. The molecule has 1 amide bonds. The van der Waals surface area contributed by atoms with E-state index < -0.39 is 0 Å². The fourth-order valence-electron chi connectivity index (χ4n) is 3.38. The minimum atomic E-state index is 0.139. The van der Waals surface area contributed by atoms with Gasteiger partial charge in [0.2, 0.25) is 0 Å². The van der Waals surface area contributed by atoms with Crippen molar-refractivity contribution < 1.29 is 4.79 Å². The molecule has 0 saturated carbocycles. The van der Waals surface area contributed by atoms with Crippen molar-refractivity contribution in [3.8, 4) is 0 Å². The van der Waals surface area contributed by atoms with Crippen LogP contribution in [0, 0.1) is 6.92 Å². The molecule has 1 unspecified atom stereocenters. The van der Waals surface area contributed by atoms with Crippen molar-refractivity contribution in [3.05, 3.63) is 29.3 Å². The largest absolute Gasteiger partial charge is 0.399 e. The first-order valence-corrected chi connectivity index (χ1v) is 7.54. The number of benzene rings is 1. The van der Waals surface area contributed by atoms with E-state index in [1.54, 1.807) is 0 Å². The third-order valence-electron chi connectivity index (χ3n) is 4.62. The predicted molar refractivity (Wildman–Crippen MR) is 80.7 cm³/mol. The van der Waals surface area contributed by atoms with Gasteiger partial charge < -0.3 is 10.6 Å². The predicted octanol–water partition coefficient (Wildman–Crippen LogP) is 1.89. The number of hydrogen-bond acceptors (Lipinski definition) is 3. The second-order valence-electron chi connectivity index (χ2n) is 6.01. The van der Waals surface area contributed by atoms with E-state index in [0.717, 1.165) is 30.8 Å². The summed E-state index contributed by atoms with van der Waals surface area (Å²) in [5, 5.41) is 0. The van der Waals surface area contributed by atoms with Gasteiger partial charge in [-0.2, -0.15) is 0 Å². The lowest BCUT2D eigenvalue weighted by molar-refractivity contribution is 0.0372. The molecular weight excluding hydrogens is 250 g/mol.